The van der Waals surface area contributed by atoms with Crippen molar-refractivity contribution in [3.63, 3.8) is 0 Å². The molecule has 0 saturated carbocycles. The van der Waals surface area contributed by atoms with E-state index in [1.807, 2.05) is 33.8 Å². The van der Waals surface area contributed by atoms with Crippen molar-refractivity contribution >= 4 is 21.4 Å². The number of anilines is 2. The first-order valence-electron chi connectivity index (χ1n) is 6.09. The van der Waals surface area contributed by atoms with Gasteiger partial charge in [0.1, 0.15) is 0 Å². The molecule has 0 atom stereocenters. The van der Waals surface area contributed by atoms with Crippen LogP contribution in [-0.2, 0) is 15.4 Å². The van der Waals surface area contributed by atoms with Gasteiger partial charge in [-0.05, 0) is 30.0 Å². The molecule has 1 aromatic rings. The van der Waals surface area contributed by atoms with Crippen LogP contribution in [0.1, 0.15) is 33.3 Å². The molecule has 108 valence electrons. The van der Waals surface area contributed by atoms with E-state index in [-0.39, 0.29) is 5.41 Å². The van der Waals surface area contributed by atoms with Gasteiger partial charge in [-0.1, -0.05) is 20.8 Å². The summed E-state index contributed by atoms with van der Waals surface area (Å²) in [4.78, 5) is 0. The molecule has 0 spiro atoms. The quantitative estimate of drug-likeness (QED) is 0.832. The summed E-state index contributed by atoms with van der Waals surface area (Å²) < 4.78 is 30.7. The monoisotopic (exact) mass is 286 g/mol. The van der Waals surface area contributed by atoms with Crippen LogP contribution in [0.15, 0.2) is 12.1 Å². The van der Waals surface area contributed by atoms with Crippen LogP contribution in [-0.4, -0.2) is 21.3 Å². The lowest BCUT2D eigenvalue weighted by atomic mass is 9.86. The molecule has 5 nitrogen and oxygen atoms in total. The standard InChI is InChI=1S/C13H22N2O3S/c1-6-18-12-10(14)7-9(13(2,3)4)8-11(12)15-19(5,16)17/h7-8,15H,6,14H2,1-5H3. The third-order valence-electron chi connectivity index (χ3n) is 2.57. The maximum atomic E-state index is 11.4. The summed E-state index contributed by atoms with van der Waals surface area (Å²) in [5.41, 5.74) is 7.59. The molecule has 1 rings (SSSR count). The number of sulfonamides is 1. The van der Waals surface area contributed by atoms with E-state index in [1.54, 1.807) is 6.07 Å². The van der Waals surface area contributed by atoms with Crippen molar-refractivity contribution in [1.29, 1.82) is 0 Å². The Balaban J connectivity index is 3.41. The average molecular weight is 286 g/mol. The average Bonchev–Trinajstić information content (AvgIpc) is 2.19. The van der Waals surface area contributed by atoms with Crippen molar-refractivity contribution in [3.8, 4) is 5.75 Å². The number of rotatable bonds is 4. The van der Waals surface area contributed by atoms with E-state index >= 15 is 0 Å². The second-order valence-corrected chi connectivity index (χ2v) is 7.25. The van der Waals surface area contributed by atoms with Crippen molar-refractivity contribution in [2.75, 3.05) is 23.3 Å². The Hall–Kier alpha value is -1.43. The van der Waals surface area contributed by atoms with Gasteiger partial charge in [-0.2, -0.15) is 0 Å². The van der Waals surface area contributed by atoms with Gasteiger partial charge in [0.05, 0.1) is 24.2 Å². The minimum Gasteiger partial charge on any atom is -0.490 e. The lowest BCUT2D eigenvalue weighted by Gasteiger charge is -2.23. The molecule has 0 heterocycles. The largest absolute Gasteiger partial charge is 0.490 e. The highest BCUT2D eigenvalue weighted by Crippen LogP contribution is 2.37. The predicted molar refractivity (Wildman–Crippen MR) is 79.2 cm³/mol. The summed E-state index contributed by atoms with van der Waals surface area (Å²) >= 11 is 0. The molecule has 0 aliphatic heterocycles. The van der Waals surface area contributed by atoms with Crippen molar-refractivity contribution in [2.45, 2.75) is 33.1 Å². The molecule has 1 aromatic carbocycles. The fraction of sp³-hybridized carbons (Fsp3) is 0.538. The molecule has 0 fully saturated rings. The Bertz CT molecular complexity index is 560. The molecule has 6 heteroatoms. The molecule has 0 aliphatic rings. The highest BCUT2D eigenvalue weighted by Gasteiger charge is 2.20. The molecule has 0 aromatic heterocycles. The second-order valence-electron chi connectivity index (χ2n) is 5.50. The number of hydrogen-bond acceptors (Lipinski definition) is 4. The normalized spacial score (nSPS) is 12.3. The zero-order chi connectivity index (χ0) is 14.8. The highest BCUT2D eigenvalue weighted by molar-refractivity contribution is 7.92. The molecule has 3 N–H and O–H groups in total. The Morgan fingerprint density at radius 2 is 1.89 bits per heavy atom. The Kier molecular flexibility index (Phi) is 4.35. The number of ether oxygens (including phenoxy) is 1. The number of nitrogens with two attached hydrogens (primary N) is 1. The molecule has 0 bridgehead atoms. The van der Waals surface area contributed by atoms with Crippen LogP contribution in [0.5, 0.6) is 5.75 Å². The fourth-order valence-electron chi connectivity index (χ4n) is 1.67. The summed E-state index contributed by atoms with van der Waals surface area (Å²) in [6, 6.07) is 3.58. The van der Waals surface area contributed by atoms with Crippen LogP contribution in [0.4, 0.5) is 11.4 Å². The SMILES string of the molecule is CCOc1c(N)cc(C(C)(C)C)cc1NS(C)(=O)=O. The molecule has 19 heavy (non-hydrogen) atoms. The Morgan fingerprint density at radius 1 is 1.32 bits per heavy atom. The third-order valence-corrected chi connectivity index (χ3v) is 3.16. The van der Waals surface area contributed by atoms with E-state index in [2.05, 4.69) is 4.72 Å². The fourth-order valence-corrected chi connectivity index (χ4v) is 2.22. The minimum absolute atomic E-state index is 0.132. The van der Waals surface area contributed by atoms with Crippen LogP contribution in [0.2, 0.25) is 0 Å². The minimum atomic E-state index is -3.38. The molecule has 0 unspecified atom stereocenters. The van der Waals surface area contributed by atoms with E-state index in [4.69, 9.17) is 10.5 Å². The third kappa shape index (κ3) is 4.31. The van der Waals surface area contributed by atoms with Crippen LogP contribution in [0, 0.1) is 0 Å². The van der Waals surface area contributed by atoms with E-state index < -0.39 is 10.0 Å². The summed E-state index contributed by atoms with van der Waals surface area (Å²) in [7, 11) is -3.38. The van der Waals surface area contributed by atoms with E-state index in [0.717, 1.165) is 11.8 Å². The maximum absolute atomic E-state index is 11.4. The van der Waals surface area contributed by atoms with E-state index in [1.165, 1.54) is 0 Å². The number of benzene rings is 1. The number of hydrogen-bond donors (Lipinski definition) is 2. The molecular weight excluding hydrogens is 264 g/mol. The Labute approximate surface area is 115 Å². The lowest BCUT2D eigenvalue weighted by Crippen LogP contribution is -2.16. The van der Waals surface area contributed by atoms with Crippen molar-refractivity contribution in [2.24, 2.45) is 0 Å². The molecule has 0 aliphatic carbocycles. The van der Waals surface area contributed by atoms with Gasteiger partial charge in [0, 0.05) is 0 Å². The van der Waals surface area contributed by atoms with Gasteiger partial charge in [0.2, 0.25) is 10.0 Å². The summed E-state index contributed by atoms with van der Waals surface area (Å²) in [5.74, 6) is 0.376. The first kappa shape index (κ1) is 15.6. The maximum Gasteiger partial charge on any atom is 0.229 e. The number of nitrogen functional groups attached to an aromatic ring is 1. The van der Waals surface area contributed by atoms with Crippen LogP contribution < -0.4 is 15.2 Å². The van der Waals surface area contributed by atoms with Gasteiger partial charge in [0.25, 0.3) is 0 Å². The van der Waals surface area contributed by atoms with Gasteiger partial charge in [-0.15, -0.1) is 0 Å². The summed E-state index contributed by atoms with van der Waals surface area (Å²) in [5, 5.41) is 0. The molecule has 0 amide bonds. The van der Waals surface area contributed by atoms with Gasteiger partial charge in [-0.3, -0.25) is 4.72 Å². The zero-order valence-corrected chi connectivity index (χ0v) is 12.9. The van der Waals surface area contributed by atoms with Gasteiger partial charge in [0.15, 0.2) is 5.75 Å². The van der Waals surface area contributed by atoms with Crippen LogP contribution in [0.3, 0.4) is 0 Å². The lowest BCUT2D eigenvalue weighted by molar-refractivity contribution is 0.343. The van der Waals surface area contributed by atoms with Crippen molar-refractivity contribution < 1.29 is 13.2 Å². The van der Waals surface area contributed by atoms with Crippen LogP contribution >= 0.6 is 0 Å². The predicted octanol–water partition coefficient (Wildman–Crippen LogP) is 2.34. The van der Waals surface area contributed by atoms with Gasteiger partial charge >= 0.3 is 0 Å². The molecule has 0 saturated heterocycles. The van der Waals surface area contributed by atoms with Gasteiger partial charge < -0.3 is 10.5 Å². The summed E-state index contributed by atoms with van der Waals surface area (Å²) in [6.45, 7) is 8.34. The van der Waals surface area contributed by atoms with E-state index in [9.17, 15) is 8.42 Å². The topological polar surface area (TPSA) is 81.4 Å². The highest BCUT2D eigenvalue weighted by atomic mass is 32.2. The first-order chi connectivity index (χ1) is 8.54. The first-order valence-corrected chi connectivity index (χ1v) is 7.98. The van der Waals surface area contributed by atoms with Crippen LogP contribution in [0.25, 0.3) is 0 Å². The van der Waals surface area contributed by atoms with Crippen molar-refractivity contribution in [1.82, 2.24) is 0 Å². The van der Waals surface area contributed by atoms with Gasteiger partial charge in [-0.25, -0.2) is 8.42 Å². The zero-order valence-electron chi connectivity index (χ0n) is 12.1. The van der Waals surface area contributed by atoms with E-state index in [0.29, 0.717) is 23.7 Å². The molecule has 0 radical (unpaired) electrons. The second kappa shape index (κ2) is 5.28. The molecular formula is C13H22N2O3S. The van der Waals surface area contributed by atoms with Crippen molar-refractivity contribution in [3.05, 3.63) is 17.7 Å². The number of nitrogens with one attached hydrogen (secondary N) is 1. The summed E-state index contributed by atoms with van der Waals surface area (Å²) in [6.07, 6.45) is 1.10. The smallest absolute Gasteiger partial charge is 0.229 e. The Morgan fingerprint density at radius 3 is 2.32 bits per heavy atom.